The third-order valence-electron chi connectivity index (χ3n) is 10.1. The van der Waals surface area contributed by atoms with Crippen molar-refractivity contribution in [3.05, 3.63) is 122 Å². The first kappa shape index (κ1) is 58.8. The molecule has 0 rings (SSSR count). The molecule has 0 aromatic rings. The Bertz CT molecular complexity index is 1370. The van der Waals surface area contributed by atoms with Gasteiger partial charge in [-0.3, -0.25) is 14.4 Å². The second-order valence-corrected chi connectivity index (χ2v) is 16.1. The largest absolute Gasteiger partial charge is 0.462 e. The molecule has 0 radical (unpaired) electrons. The third-order valence-corrected chi connectivity index (χ3v) is 10.1. The van der Waals surface area contributed by atoms with Crippen molar-refractivity contribution in [3.8, 4) is 0 Å². The molecule has 0 aromatic carbocycles. The van der Waals surface area contributed by atoms with Crippen molar-refractivity contribution < 1.29 is 28.6 Å². The molecular weight excluding hydrogens is 781 g/mol. The highest BCUT2D eigenvalue weighted by atomic mass is 16.6. The molecule has 6 nitrogen and oxygen atoms in total. The van der Waals surface area contributed by atoms with E-state index < -0.39 is 12.1 Å². The molecule has 0 bridgehead atoms. The van der Waals surface area contributed by atoms with Gasteiger partial charge in [-0.2, -0.15) is 0 Å². The number of ether oxygens (including phenoxy) is 3. The van der Waals surface area contributed by atoms with Gasteiger partial charge in [-0.1, -0.05) is 219 Å². The summed E-state index contributed by atoms with van der Waals surface area (Å²) in [5.41, 5.74) is 0. The molecule has 0 N–H and O–H groups in total. The summed E-state index contributed by atoms with van der Waals surface area (Å²) in [5, 5.41) is 0. The number of hydrogen-bond donors (Lipinski definition) is 0. The summed E-state index contributed by atoms with van der Waals surface area (Å²) in [6, 6.07) is 0. The van der Waals surface area contributed by atoms with Crippen molar-refractivity contribution in [2.45, 2.75) is 207 Å². The number of carbonyl (C=O) groups excluding carboxylic acids is 3. The SMILES string of the molecule is CC/C=C/C=C/C=C/C=C/C=C/CCCC(=O)OC(COC(=O)CC/C=C/C/C=C/CCCCCCCC)COC(=O)CCCCCCCCCCC/C=C/C/C=C/C/C=C/CC. The van der Waals surface area contributed by atoms with Crippen molar-refractivity contribution in [2.75, 3.05) is 13.2 Å². The Morgan fingerprint density at radius 2 is 0.746 bits per heavy atom. The number of rotatable bonds is 43. The van der Waals surface area contributed by atoms with Crippen LogP contribution in [-0.4, -0.2) is 37.2 Å². The summed E-state index contributed by atoms with van der Waals surface area (Å²) in [5.74, 6) is -1.09. The number of carbonyl (C=O) groups is 3. The lowest BCUT2D eigenvalue weighted by Gasteiger charge is -2.18. The predicted octanol–water partition coefficient (Wildman–Crippen LogP) is 16.5. The van der Waals surface area contributed by atoms with Gasteiger partial charge in [0.05, 0.1) is 0 Å². The fourth-order valence-electron chi connectivity index (χ4n) is 6.36. The van der Waals surface area contributed by atoms with E-state index in [1.54, 1.807) is 0 Å². The summed E-state index contributed by atoms with van der Waals surface area (Å²) in [4.78, 5) is 37.9. The van der Waals surface area contributed by atoms with Crippen molar-refractivity contribution in [1.29, 1.82) is 0 Å². The van der Waals surface area contributed by atoms with Gasteiger partial charge in [0.2, 0.25) is 0 Å². The average molecular weight is 871 g/mol. The minimum Gasteiger partial charge on any atom is -0.462 e. The highest BCUT2D eigenvalue weighted by Gasteiger charge is 2.19. The minimum absolute atomic E-state index is 0.130. The first-order chi connectivity index (χ1) is 31.0. The average Bonchev–Trinajstić information content (AvgIpc) is 3.28. The van der Waals surface area contributed by atoms with Gasteiger partial charge in [0.1, 0.15) is 13.2 Å². The summed E-state index contributed by atoms with van der Waals surface area (Å²) in [7, 11) is 0. The molecule has 0 aliphatic carbocycles. The molecule has 0 fully saturated rings. The summed E-state index contributed by atoms with van der Waals surface area (Å²) in [6.07, 6.45) is 69.2. The molecule has 1 unspecified atom stereocenters. The monoisotopic (exact) mass is 871 g/mol. The first-order valence-electron chi connectivity index (χ1n) is 25.1. The molecule has 6 heteroatoms. The highest BCUT2D eigenvalue weighted by molar-refractivity contribution is 5.71. The molecule has 354 valence electrons. The van der Waals surface area contributed by atoms with E-state index >= 15 is 0 Å². The van der Waals surface area contributed by atoms with Gasteiger partial charge in [-0.05, 0) is 83.5 Å². The van der Waals surface area contributed by atoms with E-state index in [1.165, 1.54) is 77.0 Å². The topological polar surface area (TPSA) is 78.9 Å². The van der Waals surface area contributed by atoms with Crippen LogP contribution < -0.4 is 0 Å². The van der Waals surface area contributed by atoms with Crippen LogP contribution in [0, 0.1) is 0 Å². The van der Waals surface area contributed by atoms with Crippen LogP contribution in [0.5, 0.6) is 0 Å². The van der Waals surface area contributed by atoms with Gasteiger partial charge in [-0.15, -0.1) is 0 Å². The second kappa shape index (κ2) is 50.5. The minimum atomic E-state index is -0.842. The van der Waals surface area contributed by atoms with Crippen molar-refractivity contribution >= 4 is 17.9 Å². The smallest absolute Gasteiger partial charge is 0.306 e. The molecule has 0 saturated carbocycles. The number of unbranched alkanes of at least 4 members (excludes halogenated alkanes) is 16. The molecule has 0 aliphatic heterocycles. The molecular formula is C57H90O6. The van der Waals surface area contributed by atoms with Crippen molar-refractivity contribution in [2.24, 2.45) is 0 Å². The maximum absolute atomic E-state index is 12.7. The van der Waals surface area contributed by atoms with Gasteiger partial charge in [0.25, 0.3) is 0 Å². The Morgan fingerprint density at radius 1 is 0.349 bits per heavy atom. The van der Waals surface area contributed by atoms with Crippen molar-refractivity contribution in [3.63, 3.8) is 0 Å². The van der Waals surface area contributed by atoms with E-state index in [2.05, 4.69) is 81.5 Å². The lowest BCUT2D eigenvalue weighted by molar-refractivity contribution is -0.166. The van der Waals surface area contributed by atoms with E-state index in [4.69, 9.17) is 14.2 Å². The fourth-order valence-corrected chi connectivity index (χ4v) is 6.36. The third kappa shape index (κ3) is 48.7. The molecule has 63 heavy (non-hydrogen) atoms. The van der Waals surface area contributed by atoms with E-state index in [-0.39, 0.29) is 38.0 Å². The highest BCUT2D eigenvalue weighted by Crippen LogP contribution is 2.13. The van der Waals surface area contributed by atoms with E-state index in [0.717, 1.165) is 70.6 Å². The summed E-state index contributed by atoms with van der Waals surface area (Å²) in [6.45, 7) is 6.23. The Kier molecular flexibility index (Phi) is 47.1. The molecule has 1 atom stereocenters. The number of esters is 3. The van der Waals surface area contributed by atoms with Crippen LogP contribution in [0.15, 0.2) is 122 Å². The number of hydrogen-bond acceptors (Lipinski definition) is 6. The molecule has 0 heterocycles. The van der Waals surface area contributed by atoms with E-state index in [0.29, 0.717) is 19.3 Å². The standard InChI is InChI=1S/C57H90O6/c1-4-7-10-13-16-19-22-25-26-27-28-29-30-33-35-38-41-44-47-50-56(59)62-53-54(63-57(60)51-48-45-42-39-36-32-24-21-18-15-12-9-6-3)52-61-55(58)49-46-43-40-37-34-31-23-20-17-14-11-8-5-2/h7,9-10,12,15-16,18-19,21,24-26,31-32,34,36,39-40,42-43,54H,4-6,8,11,13-14,17,20,22-23,27-30,33,35,37-38,41,44-53H2,1-3H3/b10-7+,12-9+,18-15+,19-16+,24-21+,26-25+,34-31+,36-32+,42-39+,43-40+. The molecule has 0 aromatic heterocycles. The van der Waals surface area contributed by atoms with E-state index in [9.17, 15) is 14.4 Å². The number of allylic oxidation sites excluding steroid dienone is 20. The lowest BCUT2D eigenvalue weighted by atomic mass is 10.1. The van der Waals surface area contributed by atoms with Gasteiger partial charge in [-0.25, -0.2) is 0 Å². The zero-order valence-electron chi connectivity index (χ0n) is 40.3. The maximum Gasteiger partial charge on any atom is 0.306 e. The summed E-state index contributed by atoms with van der Waals surface area (Å²) < 4.78 is 16.6. The van der Waals surface area contributed by atoms with Crippen LogP contribution in [0.2, 0.25) is 0 Å². The Hall–Kier alpha value is -4.19. The van der Waals surface area contributed by atoms with E-state index in [1.807, 2.05) is 60.8 Å². The zero-order valence-corrected chi connectivity index (χ0v) is 40.3. The first-order valence-corrected chi connectivity index (χ1v) is 25.1. The second-order valence-electron chi connectivity index (χ2n) is 16.1. The maximum atomic E-state index is 12.7. The van der Waals surface area contributed by atoms with Crippen LogP contribution >= 0.6 is 0 Å². The Morgan fingerprint density at radius 3 is 1.29 bits per heavy atom. The molecule has 0 saturated heterocycles. The quantitative estimate of drug-likeness (QED) is 0.0200. The predicted molar refractivity (Wildman–Crippen MR) is 269 cm³/mol. The Balaban J connectivity index is 4.52. The van der Waals surface area contributed by atoms with Gasteiger partial charge < -0.3 is 14.2 Å². The fraction of sp³-hybridized carbons (Fsp3) is 0.596. The summed E-state index contributed by atoms with van der Waals surface area (Å²) >= 11 is 0. The zero-order chi connectivity index (χ0) is 45.8. The molecule has 0 amide bonds. The van der Waals surface area contributed by atoms with Gasteiger partial charge >= 0.3 is 17.9 Å². The lowest BCUT2D eigenvalue weighted by Crippen LogP contribution is -2.30. The van der Waals surface area contributed by atoms with Crippen molar-refractivity contribution in [1.82, 2.24) is 0 Å². The van der Waals surface area contributed by atoms with Gasteiger partial charge in [0.15, 0.2) is 6.10 Å². The van der Waals surface area contributed by atoms with Crippen LogP contribution in [0.3, 0.4) is 0 Å². The van der Waals surface area contributed by atoms with Crippen LogP contribution in [-0.2, 0) is 28.6 Å². The molecule has 0 aliphatic rings. The van der Waals surface area contributed by atoms with Crippen LogP contribution in [0.4, 0.5) is 0 Å². The van der Waals surface area contributed by atoms with Crippen LogP contribution in [0.1, 0.15) is 201 Å². The Labute approximate surface area is 386 Å². The normalized spacial score (nSPS) is 13.1. The molecule has 0 spiro atoms. The van der Waals surface area contributed by atoms with Gasteiger partial charge in [0, 0.05) is 19.3 Å². The van der Waals surface area contributed by atoms with Crippen LogP contribution in [0.25, 0.3) is 0 Å².